The molecule has 2 N–H and O–H groups in total. The Labute approximate surface area is 295 Å². The van der Waals surface area contributed by atoms with E-state index in [0.717, 1.165) is 41.0 Å². The third-order valence-electron chi connectivity index (χ3n) is 8.34. The Morgan fingerprint density at radius 3 is 1.96 bits per heavy atom. The molecule has 0 bridgehead atoms. The van der Waals surface area contributed by atoms with Crippen LogP contribution >= 0.6 is 0 Å². The van der Waals surface area contributed by atoms with Crippen LogP contribution in [0, 0.1) is 11.8 Å². The normalized spacial score (nSPS) is 12.3. The Morgan fingerprint density at radius 2 is 1.34 bits per heavy atom. The molecule has 0 aliphatic heterocycles. The van der Waals surface area contributed by atoms with Crippen molar-refractivity contribution in [2.24, 2.45) is 11.8 Å². The van der Waals surface area contributed by atoms with Crippen LogP contribution in [0.2, 0.25) is 0 Å². The first kappa shape index (κ1) is 37.8. The van der Waals surface area contributed by atoms with Crippen LogP contribution in [-0.2, 0) is 16.0 Å². The molecule has 0 aliphatic rings. The molecule has 1 aromatic heterocycles. The summed E-state index contributed by atoms with van der Waals surface area (Å²) in [7, 11) is 0. The van der Waals surface area contributed by atoms with Gasteiger partial charge < -0.3 is 19.9 Å². The first-order chi connectivity index (χ1) is 24.1. The lowest BCUT2D eigenvalue weighted by molar-refractivity contribution is -0.141. The summed E-state index contributed by atoms with van der Waals surface area (Å²) in [5.41, 5.74) is 3.97. The molecule has 0 saturated heterocycles. The van der Waals surface area contributed by atoms with E-state index in [9.17, 15) is 19.5 Å². The number of hydrogen-bond donors (Lipinski definition) is 2. The topological polar surface area (TPSA) is 128 Å². The van der Waals surface area contributed by atoms with E-state index in [2.05, 4.69) is 36.1 Å². The van der Waals surface area contributed by atoms with E-state index in [1.807, 2.05) is 48.5 Å². The monoisotopic (exact) mass is 679 g/mol. The van der Waals surface area contributed by atoms with E-state index < -0.39 is 23.8 Å². The second-order valence-electron chi connectivity index (χ2n) is 13.1. The van der Waals surface area contributed by atoms with E-state index in [-0.39, 0.29) is 18.6 Å². The van der Waals surface area contributed by atoms with Gasteiger partial charge in [-0.3, -0.25) is 14.4 Å². The summed E-state index contributed by atoms with van der Waals surface area (Å²) in [6, 6.07) is 21.2. The van der Waals surface area contributed by atoms with Crippen LogP contribution in [0.5, 0.6) is 11.5 Å². The highest BCUT2D eigenvalue weighted by Crippen LogP contribution is 2.25. The average molecular weight is 680 g/mol. The van der Waals surface area contributed by atoms with Gasteiger partial charge in [-0.15, -0.1) is 0 Å². The van der Waals surface area contributed by atoms with E-state index in [1.165, 1.54) is 32.6 Å². The summed E-state index contributed by atoms with van der Waals surface area (Å²) < 4.78 is 11.6. The Kier molecular flexibility index (Phi) is 14.5. The van der Waals surface area contributed by atoms with E-state index in [1.54, 1.807) is 36.7 Å². The van der Waals surface area contributed by atoms with Gasteiger partial charge in [-0.2, -0.15) is 0 Å². The fraction of sp³-hybridized carbons (Fsp3) is 0.390. The molecule has 1 amide bonds. The van der Waals surface area contributed by atoms with Crippen LogP contribution < -0.4 is 14.8 Å². The van der Waals surface area contributed by atoms with E-state index in [4.69, 9.17) is 9.47 Å². The molecule has 3 aromatic carbocycles. The molecule has 1 heterocycles. The minimum Gasteiger partial charge on any atom is -0.494 e. The van der Waals surface area contributed by atoms with E-state index in [0.29, 0.717) is 29.7 Å². The summed E-state index contributed by atoms with van der Waals surface area (Å²) >= 11 is 0. The van der Waals surface area contributed by atoms with Gasteiger partial charge in [0.25, 0.3) is 0 Å². The zero-order valence-corrected chi connectivity index (χ0v) is 29.6. The highest BCUT2D eigenvalue weighted by molar-refractivity contribution is 5.99. The van der Waals surface area contributed by atoms with Crippen molar-refractivity contribution in [3.63, 3.8) is 0 Å². The average Bonchev–Trinajstić information content (AvgIpc) is 3.12. The molecule has 2 atom stereocenters. The molecule has 9 nitrogen and oxygen atoms in total. The lowest BCUT2D eigenvalue weighted by atomic mass is 9.90. The fourth-order valence-corrected chi connectivity index (χ4v) is 5.33. The maximum atomic E-state index is 13.3. The van der Waals surface area contributed by atoms with Crippen molar-refractivity contribution in [3.8, 4) is 34.0 Å². The summed E-state index contributed by atoms with van der Waals surface area (Å²) in [5.74, 6) is -0.178. The zero-order chi connectivity index (χ0) is 35.9. The number of carbonyl (C=O) groups is 3. The highest BCUT2D eigenvalue weighted by Gasteiger charge is 2.26. The number of carboxylic acids is 1. The lowest BCUT2D eigenvalue weighted by Crippen LogP contribution is -2.42. The largest absolute Gasteiger partial charge is 0.494 e. The SMILES string of the molecule is CCCCCCCOc1ccc(-c2cnc(-c3ccc(C[C@H](CC(=O)c4ccc(OCC(C)C)cc4)C(=O)N[C@H](C)C(=O)O)cc3)nc2)cc1. The van der Waals surface area contributed by atoms with Gasteiger partial charge in [-0.05, 0) is 73.2 Å². The molecular weight excluding hydrogens is 630 g/mol. The number of nitrogens with zero attached hydrogens (tertiary/aromatic N) is 2. The van der Waals surface area contributed by atoms with Crippen molar-refractivity contribution in [2.75, 3.05) is 13.2 Å². The van der Waals surface area contributed by atoms with Gasteiger partial charge in [-0.25, -0.2) is 9.97 Å². The zero-order valence-electron chi connectivity index (χ0n) is 29.6. The number of carboxylic acid groups (broad SMARTS) is 1. The molecule has 264 valence electrons. The molecule has 4 rings (SSSR count). The quantitative estimate of drug-likeness (QED) is 0.0707. The predicted octanol–water partition coefficient (Wildman–Crippen LogP) is 8.22. The Hall–Kier alpha value is -5.05. The van der Waals surface area contributed by atoms with Gasteiger partial charge in [0.05, 0.1) is 13.2 Å². The van der Waals surface area contributed by atoms with Gasteiger partial charge in [-0.1, -0.05) is 82.9 Å². The third-order valence-corrected chi connectivity index (χ3v) is 8.34. The maximum absolute atomic E-state index is 13.3. The van der Waals surface area contributed by atoms with Crippen molar-refractivity contribution in [1.82, 2.24) is 15.3 Å². The van der Waals surface area contributed by atoms with Crippen LogP contribution in [0.3, 0.4) is 0 Å². The predicted molar refractivity (Wildman–Crippen MR) is 195 cm³/mol. The summed E-state index contributed by atoms with van der Waals surface area (Å²) in [6.07, 6.45) is 9.75. The number of ether oxygens (including phenoxy) is 2. The van der Waals surface area contributed by atoms with Crippen LogP contribution in [0.1, 0.15) is 82.1 Å². The first-order valence-electron chi connectivity index (χ1n) is 17.6. The molecule has 0 saturated carbocycles. The second-order valence-corrected chi connectivity index (χ2v) is 13.1. The van der Waals surface area contributed by atoms with Crippen molar-refractivity contribution >= 4 is 17.7 Å². The molecule has 50 heavy (non-hydrogen) atoms. The number of amides is 1. The van der Waals surface area contributed by atoms with Crippen molar-refractivity contribution in [3.05, 3.63) is 96.3 Å². The van der Waals surface area contributed by atoms with Gasteiger partial charge in [0.15, 0.2) is 11.6 Å². The van der Waals surface area contributed by atoms with Crippen molar-refractivity contribution < 1.29 is 29.0 Å². The Morgan fingerprint density at radius 1 is 0.740 bits per heavy atom. The minimum atomic E-state index is -1.15. The maximum Gasteiger partial charge on any atom is 0.325 e. The number of aromatic nitrogens is 2. The van der Waals surface area contributed by atoms with Crippen LogP contribution in [0.25, 0.3) is 22.5 Å². The van der Waals surface area contributed by atoms with Gasteiger partial charge >= 0.3 is 5.97 Å². The molecule has 0 radical (unpaired) electrons. The molecule has 4 aromatic rings. The smallest absolute Gasteiger partial charge is 0.325 e. The van der Waals surface area contributed by atoms with Gasteiger partial charge in [0.1, 0.15) is 17.5 Å². The molecule has 0 spiro atoms. The number of Topliss-reactive ketones (excluding diaryl/α,β-unsaturated/α-hetero) is 1. The second kappa shape index (κ2) is 19.2. The van der Waals surface area contributed by atoms with Gasteiger partial charge in [0, 0.05) is 41.4 Å². The van der Waals surface area contributed by atoms with Crippen LogP contribution in [0.15, 0.2) is 85.2 Å². The third kappa shape index (κ3) is 11.8. The lowest BCUT2D eigenvalue weighted by Gasteiger charge is -2.19. The standard InChI is InChI=1S/C41H49N3O6/c1-5-6-7-8-9-22-49-36-18-14-31(15-19-36)35-25-42-39(43-26-35)33-12-10-30(11-13-33)23-34(40(46)44-29(4)41(47)48)24-38(45)32-16-20-37(21-17-32)50-27-28(2)3/h10-21,25-26,28-29,34H,5-9,22-24,27H2,1-4H3,(H,44,46)(H,47,48)/t29-,34-/m1/s1. The highest BCUT2D eigenvalue weighted by atomic mass is 16.5. The van der Waals surface area contributed by atoms with Crippen molar-refractivity contribution in [2.45, 2.75) is 78.7 Å². The number of unbranched alkanes of at least 4 members (excludes halogenated alkanes) is 4. The molecule has 9 heteroatoms. The first-order valence-corrected chi connectivity index (χ1v) is 17.6. The van der Waals surface area contributed by atoms with Crippen LogP contribution in [-0.4, -0.2) is 52.0 Å². The fourth-order valence-electron chi connectivity index (χ4n) is 5.33. The minimum absolute atomic E-state index is 0.0805. The number of carbonyl (C=O) groups excluding carboxylic acids is 2. The van der Waals surface area contributed by atoms with E-state index >= 15 is 0 Å². The Bertz CT molecular complexity index is 1650. The molecule has 0 fully saturated rings. The van der Waals surface area contributed by atoms with Crippen LogP contribution in [0.4, 0.5) is 0 Å². The summed E-state index contributed by atoms with van der Waals surface area (Å²) in [6.45, 7) is 9.01. The summed E-state index contributed by atoms with van der Waals surface area (Å²) in [5, 5.41) is 11.9. The molecule has 0 aliphatic carbocycles. The molecular formula is C41H49N3O6. The number of rotatable bonds is 20. The number of ketones is 1. The van der Waals surface area contributed by atoms with Crippen molar-refractivity contribution in [1.29, 1.82) is 0 Å². The number of aliphatic carboxylic acids is 1. The number of hydrogen-bond acceptors (Lipinski definition) is 7. The van der Waals surface area contributed by atoms with Gasteiger partial charge in [0.2, 0.25) is 5.91 Å². The summed E-state index contributed by atoms with van der Waals surface area (Å²) in [4.78, 5) is 47.1. The number of nitrogens with one attached hydrogen (secondary N) is 1. The molecule has 0 unspecified atom stereocenters. The Balaban J connectivity index is 1.38. The number of benzene rings is 3.